The van der Waals surface area contributed by atoms with E-state index in [0.29, 0.717) is 8.45 Å². The second kappa shape index (κ2) is 11.5. The first kappa shape index (κ1) is 28.1. The van der Waals surface area contributed by atoms with Crippen molar-refractivity contribution >= 4 is 53.9 Å². The van der Waals surface area contributed by atoms with Crippen molar-refractivity contribution in [2.24, 2.45) is 0 Å². The summed E-state index contributed by atoms with van der Waals surface area (Å²) in [6.07, 6.45) is 5.82. The van der Waals surface area contributed by atoms with Gasteiger partial charge in [0.25, 0.3) is 0 Å². The van der Waals surface area contributed by atoms with Crippen LogP contribution in [0.1, 0.15) is 51.0 Å². The van der Waals surface area contributed by atoms with E-state index in [4.69, 9.17) is 0 Å². The van der Waals surface area contributed by atoms with E-state index in [0.717, 1.165) is 0 Å². The predicted octanol–water partition coefficient (Wildman–Crippen LogP) is 10.2. The number of fused-ring (bicyclic) bond motifs is 3. The van der Waals surface area contributed by atoms with Crippen molar-refractivity contribution < 1.29 is 16.6 Å². The van der Waals surface area contributed by atoms with Gasteiger partial charge in [-0.2, -0.15) is 0 Å². The summed E-state index contributed by atoms with van der Waals surface area (Å²) >= 11 is -1.59. The molecule has 37 heavy (non-hydrogen) atoms. The molecule has 0 heterocycles. The average Bonchev–Trinajstić information content (AvgIpc) is 3.41. The molecule has 0 spiro atoms. The molecule has 4 aromatic rings. The maximum absolute atomic E-state index is 2.61. The maximum atomic E-state index is 2.61. The van der Waals surface area contributed by atoms with Crippen molar-refractivity contribution in [2.75, 3.05) is 0 Å². The van der Waals surface area contributed by atoms with E-state index >= 15 is 0 Å². The molecule has 2 aliphatic carbocycles. The molecule has 0 bridgehead atoms. The van der Waals surface area contributed by atoms with Gasteiger partial charge < -0.3 is 0 Å². The van der Waals surface area contributed by atoms with E-state index in [1.54, 1.807) is 22.3 Å². The van der Waals surface area contributed by atoms with Crippen molar-refractivity contribution in [2.45, 2.75) is 41.8 Å². The third-order valence-electron chi connectivity index (χ3n) is 7.98. The van der Waals surface area contributed by atoms with Crippen LogP contribution in [-0.2, 0) is 16.6 Å². The van der Waals surface area contributed by atoms with Gasteiger partial charge in [0.2, 0.25) is 0 Å². The topological polar surface area (TPSA) is 0 Å². The van der Waals surface area contributed by atoms with Crippen molar-refractivity contribution in [3.05, 3.63) is 118 Å². The molecule has 0 amide bonds. The van der Waals surface area contributed by atoms with Gasteiger partial charge in [-0.15, -0.1) is 24.8 Å². The van der Waals surface area contributed by atoms with Gasteiger partial charge >= 0.3 is 217 Å². The second-order valence-corrected chi connectivity index (χ2v) is 22.5. The predicted molar refractivity (Wildman–Crippen MR) is 165 cm³/mol. The summed E-state index contributed by atoms with van der Waals surface area (Å²) in [5.74, 6) is 0. The molecule has 0 saturated heterocycles. The van der Waals surface area contributed by atoms with Crippen molar-refractivity contribution in [1.82, 2.24) is 0 Å². The normalized spacial score (nSPS) is 17.2. The summed E-state index contributed by atoms with van der Waals surface area (Å²) in [5.41, 5.74) is 12.3. The largest absolute Gasteiger partial charge is 0.147 e. The summed E-state index contributed by atoms with van der Waals surface area (Å²) < 4.78 is 1.34. The minimum Gasteiger partial charge on any atom is -0.147 e. The Morgan fingerprint density at radius 1 is 0.703 bits per heavy atom. The van der Waals surface area contributed by atoms with Crippen molar-refractivity contribution in [3.63, 3.8) is 0 Å². The molecule has 0 fully saturated rings. The van der Waals surface area contributed by atoms with Crippen LogP contribution in [0.5, 0.6) is 0 Å². The Morgan fingerprint density at radius 3 is 2.14 bits per heavy atom. The summed E-state index contributed by atoms with van der Waals surface area (Å²) in [5, 5.41) is 2.67. The van der Waals surface area contributed by atoms with Crippen LogP contribution < -0.4 is 0 Å². The van der Waals surface area contributed by atoms with Crippen molar-refractivity contribution in [3.8, 4) is 11.1 Å². The summed E-state index contributed by atoms with van der Waals surface area (Å²) in [4.78, 5) is 0. The Hall–Kier alpha value is -1.87. The molecule has 188 valence electrons. The molecule has 0 aliphatic heterocycles. The molecular formula is C33H34Cl2SiTi. The smallest absolute Gasteiger partial charge is 0.147 e. The Labute approximate surface area is 240 Å². The van der Waals surface area contributed by atoms with E-state index < -0.39 is 22.8 Å². The number of halogens is 2. The first-order valence-corrected chi connectivity index (χ1v) is 19.5. The molecule has 0 aromatic heterocycles. The van der Waals surface area contributed by atoms with E-state index in [2.05, 4.69) is 124 Å². The Balaban J connectivity index is 0.00000160. The zero-order valence-electron chi connectivity index (χ0n) is 21.9. The summed E-state index contributed by atoms with van der Waals surface area (Å²) in [6, 6.07) is 31.9. The van der Waals surface area contributed by atoms with Crippen LogP contribution in [0, 0.1) is 0 Å². The monoisotopic (exact) mass is 576 g/mol. The molecule has 4 aromatic carbocycles. The standard InChI is InChI=1S/C20H15.C11H11.C2H6Si.2ClH.Ti/c1-14-12-16-8-5-11-19(20(16)13-14)18-10-4-7-15-6-2-3-9-17(15)18;1-2-9-7-10-5-3-4-6-11(10)8-9;1-3-2;;;/h2-13H,1H3;3-8H,2H2,1H3;1-2H3;2*1H;. The molecule has 2 unspecified atom stereocenters. The Bertz CT molecular complexity index is 1570. The number of rotatable bonds is 4. The molecule has 0 nitrogen and oxygen atoms in total. The molecule has 2 aliphatic rings. The van der Waals surface area contributed by atoms with Crippen molar-refractivity contribution in [1.29, 1.82) is 0 Å². The van der Waals surface area contributed by atoms with Crippen LogP contribution in [0.2, 0.25) is 13.1 Å². The zero-order valence-corrected chi connectivity index (χ0v) is 26.1. The van der Waals surface area contributed by atoms with Gasteiger partial charge in [-0.3, -0.25) is 0 Å². The summed E-state index contributed by atoms with van der Waals surface area (Å²) in [7, 11) is 0. The molecule has 0 N–H and O–H groups in total. The zero-order chi connectivity index (χ0) is 24.1. The molecule has 0 radical (unpaired) electrons. The third-order valence-corrected chi connectivity index (χ3v) is 21.1. The van der Waals surface area contributed by atoms with Crippen LogP contribution in [0.25, 0.3) is 34.1 Å². The van der Waals surface area contributed by atoms with Crippen LogP contribution in [-0.4, -0.2) is 6.19 Å². The fourth-order valence-electron chi connectivity index (χ4n) is 6.47. The number of benzene rings is 4. The molecule has 0 saturated carbocycles. The Kier molecular flexibility index (Phi) is 8.73. The van der Waals surface area contributed by atoms with Gasteiger partial charge in [0, 0.05) is 0 Å². The van der Waals surface area contributed by atoms with Gasteiger partial charge in [-0.1, -0.05) is 0 Å². The average molecular weight is 577 g/mol. The SMILES string of the molecule is CCC1=Cc2ccccc2[CH]1[Ti]([CH]1C(C)=Cc2c(-c3cccc4ccccc34)cccc21)=[Si](C)C.Cl.Cl. The van der Waals surface area contributed by atoms with Gasteiger partial charge in [-0.05, 0) is 0 Å². The van der Waals surface area contributed by atoms with Gasteiger partial charge in [0.05, 0.1) is 0 Å². The van der Waals surface area contributed by atoms with Gasteiger partial charge in [-0.25, -0.2) is 0 Å². The molecular weight excluding hydrogens is 543 g/mol. The fraction of sp³-hybridized carbons (Fsp3) is 0.212. The van der Waals surface area contributed by atoms with E-state index in [-0.39, 0.29) is 24.8 Å². The first-order chi connectivity index (χ1) is 17.1. The third kappa shape index (κ3) is 4.75. The maximum Gasteiger partial charge on any atom is -0.147 e. The molecule has 2 atom stereocenters. The van der Waals surface area contributed by atoms with Gasteiger partial charge in [0.1, 0.15) is 0 Å². The van der Waals surface area contributed by atoms with E-state index in [1.807, 2.05) is 0 Å². The number of hydrogen-bond donors (Lipinski definition) is 0. The van der Waals surface area contributed by atoms with Crippen LogP contribution in [0.15, 0.2) is 96.1 Å². The van der Waals surface area contributed by atoms with Gasteiger partial charge in [0.15, 0.2) is 0 Å². The summed E-state index contributed by atoms with van der Waals surface area (Å²) in [6.45, 7) is 10.00. The number of allylic oxidation sites excluding steroid dienone is 2. The van der Waals surface area contributed by atoms with E-state index in [1.165, 1.54) is 39.4 Å². The van der Waals surface area contributed by atoms with Crippen LogP contribution in [0.3, 0.4) is 0 Å². The van der Waals surface area contributed by atoms with Crippen LogP contribution in [0.4, 0.5) is 0 Å². The van der Waals surface area contributed by atoms with Crippen LogP contribution >= 0.6 is 24.8 Å². The first-order valence-electron chi connectivity index (χ1n) is 12.8. The minimum atomic E-state index is -1.59. The Morgan fingerprint density at radius 2 is 1.35 bits per heavy atom. The van der Waals surface area contributed by atoms with E-state index in [9.17, 15) is 0 Å². The quantitative estimate of drug-likeness (QED) is 0.212. The second-order valence-electron chi connectivity index (χ2n) is 10.2. The molecule has 6 rings (SSSR count). The number of hydrogen-bond acceptors (Lipinski definition) is 0. The molecule has 4 heteroatoms. The fourth-order valence-corrected chi connectivity index (χ4v) is 20.4. The minimum absolute atomic E-state index is 0.